The molecule has 4 heterocycles. The molecule has 76 heavy (non-hydrogen) atoms. The van der Waals surface area contributed by atoms with Crippen LogP contribution >= 0.6 is 11.3 Å². The summed E-state index contributed by atoms with van der Waals surface area (Å²) >= 11 is 1.92. The van der Waals surface area contributed by atoms with Gasteiger partial charge in [-0.1, -0.05) is 151 Å². The minimum atomic E-state index is -0.0798. The van der Waals surface area contributed by atoms with E-state index in [0.717, 1.165) is 6.42 Å². The number of hydrogen-bond acceptors (Lipinski definition) is 4. The summed E-state index contributed by atoms with van der Waals surface area (Å²) < 4.78 is 2.67. The Morgan fingerprint density at radius 3 is 1.72 bits per heavy atom. The molecule has 0 radical (unpaired) electrons. The van der Waals surface area contributed by atoms with Gasteiger partial charge in [-0.25, -0.2) is 0 Å². The zero-order chi connectivity index (χ0) is 53.0. The molecule has 0 N–H and O–H groups in total. The molecule has 3 nitrogen and oxygen atoms in total. The van der Waals surface area contributed by atoms with Crippen LogP contribution in [0.5, 0.6) is 0 Å². The van der Waals surface area contributed by atoms with Crippen LogP contribution in [0.15, 0.2) is 121 Å². The summed E-state index contributed by atoms with van der Waals surface area (Å²) in [5.41, 5.74) is 25.3. The summed E-state index contributed by atoms with van der Waals surface area (Å²) in [6.07, 6.45) is 9.63. The fourth-order valence-electron chi connectivity index (χ4n) is 16.0. The number of thiophene rings is 1. The van der Waals surface area contributed by atoms with Crippen LogP contribution in [0, 0.1) is 6.92 Å². The lowest BCUT2D eigenvalue weighted by Crippen LogP contribution is -2.62. The van der Waals surface area contributed by atoms with Crippen molar-refractivity contribution in [1.82, 2.24) is 0 Å². The van der Waals surface area contributed by atoms with E-state index in [4.69, 9.17) is 0 Å². The smallest absolute Gasteiger partial charge is 0.252 e. The number of nitrogens with zero attached hydrogens (tertiary/aromatic N) is 3. The Hall–Kier alpha value is -5.78. The molecule has 386 valence electrons. The van der Waals surface area contributed by atoms with Crippen LogP contribution in [0.2, 0.25) is 0 Å². The van der Waals surface area contributed by atoms with Gasteiger partial charge in [-0.2, -0.15) is 0 Å². The quantitative estimate of drug-likeness (QED) is 0.163. The molecular formula is C71H78BN3S. The molecule has 2 unspecified atom stereocenters. The van der Waals surface area contributed by atoms with Crippen molar-refractivity contribution in [2.24, 2.45) is 0 Å². The van der Waals surface area contributed by atoms with Gasteiger partial charge in [0.25, 0.3) is 6.71 Å². The Morgan fingerprint density at radius 2 is 1.03 bits per heavy atom. The summed E-state index contributed by atoms with van der Waals surface area (Å²) in [5, 5.41) is 2.67. The molecule has 0 saturated heterocycles. The predicted molar refractivity (Wildman–Crippen MR) is 330 cm³/mol. The molecular weight excluding hydrogens is 938 g/mol. The van der Waals surface area contributed by atoms with E-state index in [2.05, 4.69) is 233 Å². The minimum absolute atomic E-state index is 0.0232. The lowest BCUT2D eigenvalue weighted by molar-refractivity contribution is 0.195. The second-order valence-electron chi connectivity index (χ2n) is 28.7. The molecule has 1 aromatic heterocycles. The van der Waals surface area contributed by atoms with Crippen molar-refractivity contribution < 1.29 is 0 Å². The maximum Gasteiger partial charge on any atom is 0.252 e. The summed E-state index contributed by atoms with van der Waals surface area (Å²) in [5.74, 6) is 0. The van der Waals surface area contributed by atoms with E-state index in [1.807, 2.05) is 11.3 Å². The van der Waals surface area contributed by atoms with E-state index in [9.17, 15) is 0 Å². The molecule has 14 rings (SSSR count). The van der Waals surface area contributed by atoms with Gasteiger partial charge in [0, 0.05) is 71.1 Å². The highest BCUT2D eigenvalue weighted by Crippen LogP contribution is 2.62. The van der Waals surface area contributed by atoms with E-state index in [-0.39, 0.29) is 44.7 Å². The Morgan fingerprint density at radius 1 is 0.447 bits per heavy atom. The third-order valence-electron chi connectivity index (χ3n) is 21.1. The van der Waals surface area contributed by atoms with Crippen molar-refractivity contribution in [3.63, 3.8) is 0 Å². The van der Waals surface area contributed by atoms with Crippen molar-refractivity contribution in [2.75, 3.05) is 14.7 Å². The fourth-order valence-corrected chi connectivity index (χ4v) is 17.2. The molecule has 0 amide bonds. The number of fused-ring (bicyclic) bond motifs is 12. The molecule has 1 saturated carbocycles. The van der Waals surface area contributed by atoms with Crippen molar-refractivity contribution in [2.45, 2.75) is 186 Å². The topological polar surface area (TPSA) is 9.72 Å². The summed E-state index contributed by atoms with van der Waals surface area (Å²) in [4.78, 5) is 8.23. The lowest BCUT2D eigenvalue weighted by Gasteiger charge is -2.51. The highest BCUT2D eigenvalue weighted by Gasteiger charge is 2.58. The number of aryl methyl sites for hydroxylation is 1. The van der Waals surface area contributed by atoms with Crippen LogP contribution in [0.25, 0.3) is 20.2 Å². The van der Waals surface area contributed by atoms with Crippen LogP contribution in [0.3, 0.4) is 0 Å². The standard InChI is InChI=1S/C71H78BN3S/c1-43-35-60-64-61(36-43)74(46-22-25-49-48-19-15-16-20-62(48)76-63(49)40-46)58-39-47(75-57-28-21-44(65(2,3)4)37-54(57)70(13)29-17-18-30-71(70,75)14)24-27-55(58)72(64)56-41-52-53(69(11,12)34-33-68(52,9)10)42-59(56)73(60)45-23-26-50-51(38-45)67(7,8)32-31-66(50,5)6/h15-16,19-28,35-42H,17-18,29-34H2,1-14H3. The van der Waals surface area contributed by atoms with Gasteiger partial charge in [-0.3, -0.25) is 0 Å². The molecule has 5 heteroatoms. The number of rotatable bonds is 3. The van der Waals surface area contributed by atoms with Gasteiger partial charge < -0.3 is 14.7 Å². The van der Waals surface area contributed by atoms with E-state index in [0.29, 0.717) is 0 Å². The SMILES string of the molecule is Cc1cc2c3c(c1)N(c1ccc4c(c1)C(C)(C)CCC4(C)C)c1cc4c(cc1B3c1ccc(N3c5ccc(C(C)(C)C)cc5C5(C)CCCCC35C)cc1N2c1ccc2c(c1)sc1ccccc12)C(C)(C)CCC4(C)C. The largest absolute Gasteiger partial charge is 0.334 e. The van der Waals surface area contributed by atoms with E-state index < -0.39 is 0 Å². The number of benzene rings is 7. The highest BCUT2D eigenvalue weighted by atomic mass is 32.1. The second kappa shape index (κ2) is 15.7. The Labute approximate surface area is 458 Å². The van der Waals surface area contributed by atoms with Crippen LogP contribution in [-0.4, -0.2) is 12.3 Å². The first-order valence-corrected chi connectivity index (χ1v) is 29.8. The fraction of sp³-hybridized carbons (Fsp3) is 0.408. The Balaban J connectivity index is 1.06. The van der Waals surface area contributed by atoms with E-state index >= 15 is 0 Å². The summed E-state index contributed by atoms with van der Waals surface area (Å²) in [6.45, 7) is 34.6. The third-order valence-corrected chi connectivity index (χ3v) is 22.2. The van der Waals surface area contributed by atoms with Crippen molar-refractivity contribution in [1.29, 1.82) is 0 Å². The predicted octanol–water partition coefficient (Wildman–Crippen LogP) is 18.2. The molecule has 0 spiro atoms. The molecule has 3 aliphatic carbocycles. The third kappa shape index (κ3) is 6.66. The highest BCUT2D eigenvalue weighted by molar-refractivity contribution is 7.25. The molecule has 2 atom stereocenters. The van der Waals surface area contributed by atoms with Crippen molar-refractivity contribution in [3.8, 4) is 0 Å². The van der Waals surface area contributed by atoms with Crippen LogP contribution in [0.4, 0.5) is 45.5 Å². The minimum Gasteiger partial charge on any atom is -0.334 e. The van der Waals surface area contributed by atoms with Crippen LogP contribution in [0.1, 0.15) is 180 Å². The molecule has 0 bridgehead atoms. The lowest BCUT2D eigenvalue weighted by atomic mass is 9.33. The average Bonchev–Trinajstić information content (AvgIpc) is 4.04. The normalized spacial score (nSPS) is 23.1. The second-order valence-corrected chi connectivity index (χ2v) is 29.8. The Bertz CT molecular complexity index is 3800. The van der Waals surface area contributed by atoms with Gasteiger partial charge in [0.1, 0.15) is 0 Å². The summed E-state index contributed by atoms with van der Waals surface area (Å²) in [7, 11) is 0. The molecule has 3 aliphatic heterocycles. The Kier molecular flexibility index (Phi) is 10.0. The molecule has 7 aromatic carbocycles. The summed E-state index contributed by atoms with van der Waals surface area (Å²) in [6, 6.07) is 49.6. The van der Waals surface area contributed by atoms with Crippen LogP contribution < -0.4 is 31.1 Å². The average molecular weight is 1020 g/mol. The van der Waals surface area contributed by atoms with Gasteiger partial charge in [0.2, 0.25) is 0 Å². The molecule has 6 aliphatic rings. The maximum atomic E-state index is 2.81. The first-order chi connectivity index (χ1) is 35.9. The van der Waals surface area contributed by atoms with Gasteiger partial charge >= 0.3 is 0 Å². The zero-order valence-corrected chi connectivity index (χ0v) is 48.8. The first kappa shape index (κ1) is 48.6. The number of hydrogen-bond donors (Lipinski definition) is 0. The van der Waals surface area contributed by atoms with Gasteiger partial charge in [0.05, 0.1) is 5.54 Å². The monoisotopic (exact) mass is 1020 g/mol. The number of anilines is 8. The van der Waals surface area contributed by atoms with Gasteiger partial charge in [0.15, 0.2) is 0 Å². The van der Waals surface area contributed by atoms with Gasteiger partial charge in [-0.05, 0) is 202 Å². The van der Waals surface area contributed by atoms with E-state index in [1.54, 1.807) is 0 Å². The maximum absolute atomic E-state index is 2.81. The van der Waals surface area contributed by atoms with Crippen molar-refractivity contribution in [3.05, 3.63) is 160 Å². The first-order valence-electron chi connectivity index (χ1n) is 29.0. The molecule has 8 aromatic rings. The van der Waals surface area contributed by atoms with E-state index in [1.165, 1.54) is 166 Å². The zero-order valence-electron chi connectivity index (χ0n) is 48.0. The van der Waals surface area contributed by atoms with Crippen molar-refractivity contribution >= 4 is 100 Å². The van der Waals surface area contributed by atoms with Gasteiger partial charge in [-0.15, -0.1) is 11.3 Å². The molecule has 1 fully saturated rings. The van der Waals surface area contributed by atoms with Crippen LogP contribution in [-0.2, 0) is 32.5 Å².